The maximum Gasteiger partial charge on any atom is 0.335 e. The number of nitro groups is 1. The average Bonchev–Trinajstić information content (AvgIpc) is 3.21. The van der Waals surface area contributed by atoms with E-state index in [4.69, 9.17) is 15.6 Å². The van der Waals surface area contributed by atoms with Crippen molar-refractivity contribution in [2.45, 2.75) is 32.4 Å². The standard InChI is InChI=1S/C42H37N7O11/c1-23(2)60-35-21-28(40(54)45-30-16-7-27(8-17-30)42(56)57)11-20-33(35)47-38(52)24-5-14-31(15-6-24)46-41(55)34(22-36(43)50)48-39(53)25-3-12-29(13-4-25)44-37(51)26-9-18-32(19-10-26)49(58)59/h3-21,23,34H,22H2,1-2H3,(H2,43,50)(H,44,51)(H,45,54)(H,46,55)(H,47,52)(H,48,53)(H,56,57). The smallest absolute Gasteiger partial charge is 0.335 e. The SMILES string of the molecule is CC(C)Oc1cc(C(=O)Nc2ccc(C(=O)O)cc2)ccc1NC(=O)c1ccc(NC(=O)C(CC(N)=O)NC(=O)c2ccc(NC(=O)c3ccc([N+](=O)[O-])cc3)cc2)cc1. The number of nitro benzene ring substituents is 1. The molecule has 0 aromatic heterocycles. The van der Waals surface area contributed by atoms with Gasteiger partial charge in [-0.25, -0.2) is 4.79 Å². The first-order chi connectivity index (χ1) is 28.6. The van der Waals surface area contributed by atoms with Crippen molar-refractivity contribution in [3.05, 3.63) is 153 Å². The number of carbonyl (C=O) groups excluding carboxylic acids is 6. The number of amides is 6. The molecule has 0 saturated carbocycles. The van der Waals surface area contributed by atoms with E-state index in [-0.39, 0.29) is 56.7 Å². The van der Waals surface area contributed by atoms with Crippen molar-refractivity contribution >= 4 is 69.8 Å². The van der Waals surface area contributed by atoms with Crippen LogP contribution in [0.15, 0.2) is 115 Å². The third-order valence-corrected chi connectivity index (χ3v) is 8.43. The normalized spacial score (nSPS) is 11.1. The van der Waals surface area contributed by atoms with E-state index in [1.165, 1.54) is 115 Å². The lowest BCUT2D eigenvalue weighted by atomic mass is 10.1. The Morgan fingerprint density at radius 2 is 1.05 bits per heavy atom. The highest BCUT2D eigenvalue weighted by molar-refractivity contribution is 6.08. The minimum absolute atomic E-state index is 0.0628. The minimum Gasteiger partial charge on any atom is -0.489 e. The Morgan fingerprint density at radius 1 is 0.617 bits per heavy atom. The molecule has 6 amide bonds. The first kappa shape index (κ1) is 42.7. The topological polar surface area (TPSA) is 278 Å². The number of nitrogens with one attached hydrogen (secondary N) is 5. The second kappa shape index (κ2) is 19.2. The fourth-order valence-electron chi connectivity index (χ4n) is 5.44. The number of non-ortho nitro benzene ring substituents is 1. The van der Waals surface area contributed by atoms with Crippen molar-refractivity contribution in [3.8, 4) is 5.75 Å². The third-order valence-electron chi connectivity index (χ3n) is 8.43. The van der Waals surface area contributed by atoms with Crippen molar-refractivity contribution in [2.75, 3.05) is 21.3 Å². The van der Waals surface area contributed by atoms with Gasteiger partial charge in [0, 0.05) is 51.4 Å². The number of primary amides is 1. The summed E-state index contributed by atoms with van der Waals surface area (Å²) in [4.78, 5) is 98.3. The predicted molar refractivity (Wildman–Crippen MR) is 219 cm³/mol. The van der Waals surface area contributed by atoms with Gasteiger partial charge in [-0.2, -0.15) is 0 Å². The van der Waals surface area contributed by atoms with Gasteiger partial charge in [0.15, 0.2) is 0 Å². The molecule has 8 N–H and O–H groups in total. The van der Waals surface area contributed by atoms with Gasteiger partial charge in [0.1, 0.15) is 11.8 Å². The van der Waals surface area contributed by atoms with Gasteiger partial charge in [-0.05, 0) is 117 Å². The van der Waals surface area contributed by atoms with Crippen molar-refractivity contribution < 1.29 is 48.3 Å². The molecule has 0 heterocycles. The summed E-state index contributed by atoms with van der Waals surface area (Å²) in [5, 5.41) is 33.1. The first-order valence-corrected chi connectivity index (χ1v) is 18.0. The van der Waals surface area contributed by atoms with E-state index in [0.717, 1.165) is 0 Å². The van der Waals surface area contributed by atoms with Gasteiger partial charge in [-0.15, -0.1) is 0 Å². The first-order valence-electron chi connectivity index (χ1n) is 18.0. The zero-order chi connectivity index (χ0) is 43.5. The van der Waals surface area contributed by atoms with Crippen LogP contribution in [0, 0.1) is 10.1 Å². The second-order valence-electron chi connectivity index (χ2n) is 13.3. The van der Waals surface area contributed by atoms with Gasteiger partial charge in [0.25, 0.3) is 29.3 Å². The Labute approximate surface area is 341 Å². The Bertz CT molecular complexity index is 2450. The van der Waals surface area contributed by atoms with Crippen LogP contribution in [-0.4, -0.2) is 63.6 Å². The molecule has 5 aromatic rings. The molecule has 18 nitrogen and oxygen atoms in total. The monoisotopic (exact) mass is 815 g/mol. The van der Waals surface area contributed by atoms with E-state index in [1.54, 1.807) is 13.8 Å². The molecule has 0 saturated heterocycles. The van der Waals surface area contributed by atoms with E-state index >= 15 is 0 Å². The maximum atomic E-state index is 13.3. The number of nitrogens with two attached hydrogens (primary N) is 1. The number of carboxylic acids is 1. The number of hydrogen-bond acceptors (Lipinski definition) is 10. The minimum atomic E-state index is -1.39. The van der Waals surface area contributed by atoms with Gasteiger partial charge in [-0.1, -0.05) is 0 Å². The van der Waals surface area contributed by atoms with Crippen molar-refractivity contribution in [1.82, 2.24) is 5.32 Å². The quantitative estimate of drug-likeness (QED) is 0.0486. The molecule has 18 heteroatoms. The number of anilines is 4. The number of hydrogen-bond donors (Lipinski definition) is 7. The van der Waals surface area contributed by atoms with E-state index in [0.29, 0.717) is 11.4 Å². The lowest BCUT2D eigenvalue weighted by Gasteiger charge is -2.18. The van der Waals surface area contributed by atoms with E-state index in [1.807, 2.05) is 0 Å². The lowest BCUT2D eigenvalue weighted by Crippen LogP contribution is -2.46. The van der Waals surface area contributed by atoms with Crippen LogP contribution in [0.5, 0.6) is 5.75 Å². The van der Waals surface area contributed by atoms with Crippen molar-refractivity contribution in [3.63, 3.8) is 0 Å². The molecule has 5 aromatic carbocycles. The van der Waals surface area contributed by atoms with Gasteiger partial charge in [-0.3, -0.25) is 38.9 Å². The molecule has 306 valence electrons. The predicted octanol–water partition coefficient (Wildman–Crippen LogP) is 5.45. The molecule has 60 heavy (non-hydrogen) atoms. The Balaban J connectivity index is 1.19. The van der Waals surface area contributed by atoms with Crippen LogP contribution < -0.4 is 37.1 Å². The fourth-order valence-corrected chi connectivity index (χ4v) is 5.44. The third kappa shape index (κ3) is 11.6. The molecule has 1 atom stereocenters. The Morgan fingerprint density at radius 3 is 1.53 bits per heavy atom. The Kier molecular flexibility index (Phi) is 13.6. The summed E-state index contributed by atoms with van der Waals surface area (Å²) in [7, 11) is 0. The van der Waals surface area contributed by atoms with Gasteiger partial charge in [0.05, 0.1) is 28.7 Å². The summed E-state index contributed by atoms with van der Waals surface area (Å²) in [6, 6.07) is 25.0. The zero-order valence-electron chi connectivity index (χ0n) is 31.9. The van der Waals surface area contributed by atoms with Gasteiger partial charge in [0.2, 0.25) is 11.8 Å². The number of benzene rings is 5. The molecular weight excluding hydrogens is 778 g/mol. The number of carbonyl (C=O) groups is 7. The van der Waals surface area contributed by atoms with E-state index < -0.39 is 58.8 Å². The molecular formula is C42H37N7O11. The maximum absolute atomic E-state index is 13.3. The summed E-state index contributed by atoms with van der Waals surface area (Å²) in [5.41, 5.74) is 7.08. The van der Waals surface area contributed by atoms with Crippen LogP contribution in [0.3, 0.4) is 0 Å². The summed E-state index contributed by atoms with van der Waals surface area (Å²) in [6.45, 7) is 3.53. The number of nitrogens with zero attached hydrogens (tertiary/aromatic N) is 1. The van der Waals surface area contributed by atoms with Crippen molar-refractivity contribution in [2.24, 2.45) is 5.73 Å². The number of aromatic carboxylic acids is 1. The van der Waals surface area contributed by atoms with Crippen LogP contribution >= 0.6 is 0 Å². The molecule has 0 aliphatic heterocycles. The van der Waals surface area contributed by atoms with Crippen LogP contribution in [0.2, 0.25) is 0 Å². The molecule has 0 fully saturated rings. The summed E-state index contributed by atoms with van der Waals surface area (Å²) >= 11 is 0. The van der Waals surface area contributed by atoms with Crippen LogP contribution in [0.4, 0.5) is 28.4 Å². The molecule has 5 rings (SSSR count). The molecule has 0 bridgehead atoms. The number of ether oxygens (including phenoxy) is 1. The van der Waals surface area contributed by atoms with Crippen LogP contribution in [0.25, 0.3) is 0 Å². The molecule has 0 aliphatic rings. The summed E-state index contributed by atoms with van der Waals surface area (Å²) in [6.07, 6.45) is -0.867. The van der Waals surface area contributed by atoms with Crippen LogP contribution in [0.1, 0.15) is 72.1 Å². The fraction of sp³-hybridized carbons (Fsp3) is 0.119. The summed E-state index contributed by atoms with van der Waals surface area (Å²) in [5.74, 6) is -4.85. The molecule has 0 aliphatic carbocycles. The lowest BCUT2D eigenvalue weighted by molar-refractivity contribution is -0.384. The largest absolute Gasteiger partial charge is 0.489 e. The molecule has 1 unspecified atom stereocenters. The van der Waals surface area contributed by atoms with E-state index in [2.05, 4.69) is 26.6 Å². The highest BCUT2D eigenvalue weighted by Crippen LogP contribution is 2.29. The average molecular weight is 816 g/mol. The van der Waals surface area contributed by atoms with Gasteiger partial charge < -0.3 is 42.2 Å². The highest BCUT2D eigenvalue weighted by Gasteiger charge is 2.24. The highest BCUT2D eigenvalue weighted by atomic mass is 16.6. The number of rotatable bonds is 16. The molecule has 0 spiro atoms. The zero-order valence-corrected chi connectivity index (χ0v) is 31.9. The Hall–Kier alpha value is -8.41. The number of carboxylic acid groups (broad SMARTS) is 1. The van der Waals surface area contributed by atoms with Gasteiger partial charge >= 0.3 is 5.97 Å². The van der Waals surface area contributed by atoms with E-state index in [9.17, 15) is 43.7 Å². The second-order valence-corrected chi connectivity index (χ2v) is 13.3. The molecule has 0 radical (unpaired) electrons. The van der Waals surface area contributed by atoms with Crippen LogP contribution in [-0.2, 0) is 9.59 Å². The summed E-state index contributed by atoms with van der Waals surface area (Å²) < 4.78 is 5.87. The van der Waals surface area contributed by atoms with Crippen molar-refractivity contribution in [1.29, 1.82) is 0 Å².